The maximum Gasteiger partial charge on any atom is 0.260 e. The van der Waals surface area contributed by atoms with Crippen molar-refractivity contribution in [3.8, 4) is 5.75 Å². The molecule has 3 aromatic rings. The molecule has 1 fully saturated rings. The Morgan fingerprint density at radius 3 is 2.68 bits per heavy atom. The van der Waals surface area contributed by atoms with E-state index in [2.05, 4.69) is 16.4 Å². The van der Waals surface area contributed by atoms with Crippen molar-refractivity contribution in [1.82, 2.24) is 9.88 Å². The van der Waals surface area contributed by atoms with Gasteiger partial charge in [-0.05, 0) is 62.3 Å². The summed E-state index contributed by atoms with van der Waals surface area (Å²) in [6.07, 6.45) is 6.61. The van der Waals surface area contributed by atoms with Gasteiger partial charge in [0, 0.05) is 35.9 Å². The highest BCUT2D eigenvalue weighted by Crippen LogP contribution is 2.31. The molecular formula is C25H27N3O3. The quantitative estimate of drug-likeness (QED) is 0.650. The van der Waals surface area contributed by atoms with E-state index < -0.39 is 0 Å². The van der Waals surface area contributed by atoms with Gasteiger partial charge in [-0.25, -0.2) is 0 Å². The minimum atomic E-state index is -0.158. The lowest BCUT2D eigenvalue weighted by molar-refractivity contribution is -0.132. The van der Waals surface area contributed by atoms with Gasteiger partial charge < -0.3 is 19.9 Å². The highest BCUT2D eigenvalue weighted by Gasteiger charge is 2.20. The Morgan fingerprint density at radius 2 is 1.81 bits per heavy atom. The van der Waals surface area contributed by atoms with E-state index in [1.807, 2.05) is 29.2 Å². The lowest BCUT2D eigenvalue weighted by Gasteiger charge is -2.15. The molecule has 0 atom stereocenters. The fourth-order valence-corrected chi connectivity index (χ4v) is 4.68. The van der Waals surface area contributed by atoms with Crippen LogP contribution in [0.25, 0.3) is 10.9 Å². The van der Waals surface area contributed by atoms with E-state index >= 15 is 0 Å². The molecule has 0 bridgehead atoms. The molecule has 31 heavy (non-hydrogen) atoms. The molecule has 0 saturated carbocycles. The van der Waals surface area contributed by atoms with Crippen LogP contribution in [0.5, 0.6) is 5.75 Å². The van der Waals surface area contributed by atoms with E-state index in [1.165, 1.54) is 24.1 Å². The van der Waals surface area contributed by atoms with Crippen LogP contribution in [0.2, 0.25) is 0 Å². The number of carbonyl (C=O) groups is 2. The average molecular weight is 418 g/mol. The Balaban J connectivity index is 1.30. The van der Waals surface area contributed by atoms with Gasteiger partial charge in [0.2, 0.25) is 0 Å². The number of H-pyrrole nitrogens is 1. The van der Waals surface area contributed by atoms with Crippen LogP contribution in [0.1, 0.15) is 47.3 Å². The van der Waals surface area contributed by atoms with Crippen LogP contribution in [-0.2, 0) is 17.6 Å². The highest BCUT2D eigenvalue weighted by atomic mass is 16.5. The van der Waals surface area contributed by atoms with Gasteiger partial charge in [0.25, 0.3) is 11.8 Å². The Kier molecular flexibility index (Phi) is 5.37. The Bertz CT molecular complexity index is 1130. The number of para-hydroxylation sites is 1. The zero-order valence-corrected chi connectivity index (χ0v) is 17.6. The summed E-state index contributed by atoms with van der Waals surface area (Å²) in [5.41, 5.74) is 4.82. The zero-order valence-electron chi connectivity index (χ0n) is 17.6. The summed E-state index contributed by atoms with van der Waals surface area (Å²) in [6, 6.07) is 13.1. The van der Waals surface area contributed by atoms with Gasteiger partial charge in [0.15, 0.2) is 6.61 Å². The monoisotopic (exact) mass is 417 g/mol. The van der Waals surface area contributed by atoms with E-state index in [0.717, 1.165) is 49.7 Å². The molecule has 0 radical (unpaired) electrons. The van der Waals surface area contributed by atoms with E-state index in [0.29, 0.717) is 17.0 Å². The number of ether oxygens (including phenoxy) is 1. The summed E-state index contributed by atoms with van der Waals surface area (Å²) < 4.78 is 5.68. The molecule has 1 aliphatic carbocycles. The second-order valence-electron chi connectivity index (χ2n) is 8.38. The maximum atomic E-state index is 13.1. The van der Waals surface area contributed by atoms with E-state index in [4.69, 9.17) is 4.74 Å². The Labute approximate surface area is 181 Å². The molecule has 6 heteroatoms. The second-order valence-corrected chi connectivity index (χ2v) is 8.38. The minimum absolute atomic E-state index is 0.00864. The standard InChI is InChI=1S/C25H27N3O3/c29-23(28-13-3-4-14-28)16-31-18-8-5-7-17(15-18)26-25(30)21-11-6-10-20-19-9-1-2-12-22(19)27-24(20)21/h5-8,10-11,15,27H,1-4,9,12-14,16H2,(H,26,30). The van der Waals surface area contributed by atoms with Gasteiger partial charge in [-0.3, -0.25) is 9.59 Å². The first kappa shape index (κ1) is 19.7. The fourth-order valence-electron chi connectivity index (χ4n) is 4.68. The molecule has 2 aliphatic rings. The number of nitrogens with one attached hydrogen (secondary N) is 2. The number of anilines is 1. The molecule has 5 rings (SSSR count). The molecule has 2 N–H and O–H groups in total. The van der Waals surface area contributed by atoms with Crippen LogP contribution in [0.4, 0.5) is 5.69 Å². The van der Waals surface area contributed by atoms with E-state index in [9.17, 15) is 9.59 Å². The number of aryl methyl sites for hydroxylation is 2. The number of likely N-dealkylation sites (tertiary alicyclic amines) is 1. The van der Waals surface area contributed by atoms with Gasteiger partial charge in [0.1, 0.15) is 5.75 Å². The Morgan fingerprint density at radius 1 is 1.00 bits per heavy atom. The molecule has 2 aromatic carbocycles. The number of rotatable bonds is 5. The van der Waals surface area contributed by atoms with E-state index in [-0.39, 0.29) is 18.4 Å². The molecular weight excluding hydrogens is 390 g/mol. The number of hydrogen-bond acceptors (Lipinski definition) is 3. The van der Waals surface area contributed by atoms with Crippen molar-refractivity contribution in [3.05, 3.63) is 59.3 Å². The molecule has 0 spiro atoms. The number of aromatic nitrogens is 1. The van der Waals surface area contributed by atoms with Gasteiger partial charge >= 0.3 is 0 Å². The first-order chi connectivity index (χ1) is 15.2. The number of hydrogen-bond donors (Lipinski definition) is 2. The maximum absolute atomic E-state index is 13.1. The lowest BCUT2D eigenvalue weighted by atomic mass is 9.95. The summed E-state index contributed by atoms with van der Waals surface area (Å²) in [7, 11) is 0. The molecule has 6 nitrogen and oxygen atoms in total. The van der Waals surface area contributed by atoms with Crippen LogP contribution in [-0.4, -0.2) is 41.4 Å². The Hall–Kier alpha value is -3.28. The summed E-state index contributed by atoms with van der Waals surface area (Å²) >= 11 is 0. The van der Waals surface area contributed by atoms with Crippen LogP contribution in [0, 0.1) is 0 Å². The van der Waals surface area contributed by atoms with Gasteiger partial charge in [0.05, 0.1) is 11.1 Å². The summed E-state index contributed by atoms with van der Waals surface area (Å²) in [4.78, 5) is 30.6. The largest absolute Gasteiger partial charge is 0.484 e. The van der Waals surface area contributed by atoms with Gasteiger partial charge in [-0.2, -0.15) is 0 Å². The topological polar surface area (TPSA) is 74.4 Å². The predicted molar refractivity (Wildman–Crippen MR) is 121 cm³/mol. The SMILES string of the molecule is O=C(Nc1cccc(OCC(=O)N2CCCC2)c1)c1cccc2c3c([nH]c12)CCCC3. The minimum Gasteiger partial charge on any atom is -0.484 e. The number of fused-ring (bicyclic) bond motifs is 3. The smallest absolute Gasteiger partial charge is 0.260 e. The summed E-state index contributed by atoms with van der Waals surface area (Å²) in [5.74, 6) is 0.419. The molecule has 1 aromatic heterocycles. The number of amides is 2. The predicted octanol–water partition coefficient (Wildman–Crippen LogP) is 4.30. The number of aromatic amines is 1. The van der Waals surface area contributed by atoms with Crippen LogP contribution in [0.3, 0.4) is 0 Å². The van der Waals surface area contributed by atoms with Crippen molar-refractivity contribution in [2.75, 3.05) is 25.0 Å². The third-order valence-corrected chi connectivity index (χ3v) is 6.29. The molecule has 1 aliphatic heterocycles. The van der Waals surface area contributed by atoms with Crippen LogP contribution in [0.15, 0.2) is 42.5 Å². The van der Waals surface area contributed by atoms with Gasteiger partial charge in [-0.1, -0.05) is 18.2 Å². The fraction of sp³-hybridized carbons (Fsp3) is 0.360. The summed E-state index contributed by atoms with van der Waals surface area (Å²) in [5, 5.41) is 4.13. The van der Waals surface area contributed by atoms with Crippen molar-refractivity contribution in [2.24, 2.45) is 0 Å². The normalized spacial score (nSPS) is 15.7. The van der Waals surface area contributed by atoms with Crippen molar-refractivity contribution in [2.45, 2.75) is 38.5 Å². The van der Waals surface area contributed by atoms with E-state index in [1.54, 1.807) is 12.1 Å². The number of benzene rings is 2. The first-order valence-electron chi connectivity index (χ1n) is 11.1. The highest BCUT2D eigenvalue weighted by molar-refractivity contribution is 6.12. The van der Waals surface area contributed by atoms with Crippen molar-refractivity contribution >= 4 is 28.4 Å². The average Bonchev–Trinajstić information content (AvgIpc) is 3.46. The van der Waals surface area contributed by atoms with Crippen molar-refractivity contribution in [1.29, 1.82) is 0 Å². The molecule has 2 amide bonds. The molecule has 160 valence electrons. The van der Waals surface area contributed by atoms with Crippen LogP contribution < -0.4 is 10.1 Å². The zero-order chi connectivity index (χ0) is 21.2. The summed E-state index contributed by atoms with van der Waals surface area (Å²) in [6.45, 7) is 1.64. The van der Waals surface area contributed by atoms with Crippen molar-refractivity contribution in [3.63, 3.8) is 0 Å². The first-order valence-corrected chi connectivity index (χ1v) is 11.1. The number of nitrogens with zero attached hydrogens (tertiary/aromatic N) is 1. The van der Waals surface area contributed by atoms with Gasteiger partial charge in [-0.15, -0.1) is 0 Å². The number of carbonyl (C=O) groups excluding carboxylic acids is 2. The third-order valence-electron chi connectivity index (χ3n) is 6.29. The van der Waals surface area contributed by atoms with Crippen molar-refractivity contribution < 1.29 is 14.3 Å². The second kappa shape index (κ2) is 8.46. The molecule has 1 saturated heterocycles. The molecule has 2 heterocycles. The lowest BCUT2D eigenvalue weighted by Crippen LogP contribution is -2.32. The van der Waals surface area contributed by atoms with Crippen LogP contribution >= 0.6 is 0 Å². The molecule has 0 unspecified atom stereocenters. The third kappa shape index (κ3) is 4.02.